The number of aryl methyl sites for hydroxylation is 2. The van der Waals surface area contributed by atoms with E-state index in [4.69, 9.17) is 16.0 Å². The molecule has 0 saturated heterocycles. The first kappa shape index (κ1) is 14.7. The largest absolute Gasteiger partial charge is 0.463 e. The highest BCUT2D eigenvalue weighted by molar-refractivity contribution is 6.31. The first-order valence-corrected chi connectivity index (χ1v) is 7.42. The zero-order valence-electron chi connectivity index (χ0n) is 12.4. The number of hydrogen-bond acceptors (Lipinski definition) is 3. The lowest BCUT2D eigenvalue weighted by Crippen LogP contribution is -2.23. The number of hydrogen-bond donors (Lipinski definition) is 1. The van der Waals surface area contributed by atoms with E-state index < -0.39 is 0 Å². The topological polar surface area (TPSA) is 60.1 Å². The molecular formula is C16H16ClN3O2. The van der Waals surface area contributed by atoms with Crippen LogP contribution in [0.5, 0.6) is 0 Å². The molecule has 0 radical (unpaired) electrons. The standard InChI is InChI=1S/C16H16ClN3O2/c1-3-10-4-5-15-11(6-10)12(9-22-15)16(21)18-7-14-13(17)8-20(2)19-14/h4-6,8-9H,3,7H2,1-2H3,(H,18,21). The second kappa shape index (κ2) is 5.85. The van der Waals surface area contributed by atoms with E-state index in [9.17, 15) is 4.79 Å². The molecule has 1 amide bonds. The number of aromatic nitrogens is 2. The van der Waals surface area contributed by atoms with Crippen LogP contribution in [-0.4, -0.2) is 15.7 Å². The Bertz CT molecular complexity index is 835. The molecule has 114 valence electrons. The van der Waals surface area contributed by atoms with Crippen LogP contribution in [0.4, 0.5) is 0 Å². The van der Waals surface area contributed by atoms with Gasteiger partial charge in [0.2, 0.25) is 0 Å². The molecule has 3 aromatic rings. The van der Waals surface area contributed by atoms with Gasteiger partial charge in [-0.2, -0.15) is 5.10 Å². The Morgan fingerprint density at radius 2 is 2.27 bits per heavy atom. The fourth-order valence-electron chi connectivity index (χ4n) is 2.36. The van der Waals surface area contributed by atoms with E-state index in [1.807, 2.05) is 18.2 Å². The summed E-state index contributed by atoms with van der Waals surface area (Å²) in [6.07, 6.45) is 4.09. The first-order valence-electron chi connectivity index (χ1n) is 7.05. The van der Waals surface area contributed by atoms with Gasteiger partial charge in [-0.15, -0.1) is 0 Å². The Morgan fingerprint density at radius 3 is 2.95 bits per heavy atom. The van der Waals surface area contributed by atoms with Gasteiger partial charge in [-0.05, 0) is 24.1 Å². The Labute approximate surface area is 132 Å². The molecule has 0 fully saturated rings. The number of amides is 1. The van der Waals surface area contributed by atoms with Crippen LogP contribution in [0.3, 0.4) is 0 Å². The highest BCUT2D eigenvalue weighted by Gasteiger charge is 2.15. The van der Waals surface area contributed by atoms with Gasteiger partial charge in [0.15, 0.2) is 0 Å². The molecule has 3 rings (SSSR count). The van der Waals surface area contributed by atoms with Crippen molar-refractivity contribution in [3.8, 4) is 0 Å². The van der Waals surface area contributed by atoms with Crippen LogP contribution in [0.1, 0.15) is 28.5 Å². The highest BCUT2D eigenvalue weighted by atomic mass is 35.5. The first-order chi connectivity index (χ1) is 10.6. The Balaban J connectivity index is 1.81. The molecule has 0 aliphatic carbocycles. The van der Waals surface area contributed by atoms with Crippen molar-refractivity contribution in [1.29, 1.82) is 0 Å². The molecule has 2 aromatic heterocycles. The summed E-state index contributed by atoms with van der Waals surface area (Å²) in [6.45, 7) is 2.35. The van der Waals surface area contributed by atoms with Crippen LogP contribution in [0.25, 0.3) is 11.0 Å². The van der Waals surface area contributed by atoms with Crippen molar-refractivity contribution in [3.63, 3.8) is 0 Å². The summed E-state index contributed by atoms with van der Waals surface area (Å²) in [5, 5.41) is 8.38. The molecular weight excluding hydrogens is 302 g/mol. The lowest BCUT2D eigenvalue weighted by molar-refractivity contribution is 0.0951. The van der Waals surface area contributed by atoms with E-state index >= 15 is 0 Å². The van der Waals surface area contributed by atoms with E-state index in [0.717, 1.165) is 17.4 Å². The predicted molar refractivity (Wildman–Crippen MR) is 85.0 cm³/mol. The van der Waals surface area contributed by atoms with E-state index in [-0.39, 0.29) is 12.5 Å². The van der Waals surface area contributed by atoms with Crippen molar-refractivity contribution in [2.75, 3.05) is 0 Å². The van der Waals surface area contributed by atoms with Crippen molar-refractivity contribution in [1.82, 2.24) is 15.1 Å². The van der Waals surface area contributed by atoms with Crippen molar-refractivity contribution in [2.45, 2.75) is 19.9 Å². The highest BCUT2D eigenvalue weighted by Crippen LogP contribution is 2.23. The molecule has 0 spiro atoms. The number of carbonyl (C=O) groups is 1. The Morgan fingerprint density at radius 1 is 1.45 bits per heavy atom. The molecule has 22 heavy (non-hydrogen) atoms. The van der Waals surface area contributed by atoms with Crippen LogP contribution in [0.15, 0.2) is 35.1 Å². The van der Waals surface area contributed by atoms with E-state index in [2.05, 4.69) is 17.3 Å². The van der Waals surface area contributed by atoms with E-state index in [1.54, 1.807) is 17.9 Å². The Hall–Kier alpha value is -2.27. The molecule has 1 aromatic carbocycles. The number of rotatable bonds is 4. The van der Waals surface area contributed by atoms with Crippen LogP contribution >= 0.6 is 11.6 Å². The lowest BCUT2D eigenvalue weighted by atomic mass is 10.1. The monoisotopic (exact) mass is 317 g/mol. The van der Waals surface area contributed by atoms with Crippen LogP contribution in [0, 0.1) is 0 Å². The van der Waals surface area contributed by atoms with Gasteiger partial charge in [-0.25, -0.2) is 0 Å². The average molecular weight is 318 g/mol. The molecule has 0 saturated carbocycles. The third kappa shape index (κ3) is 2.72. The maximum absolute atomic E-state index is 12.4. The third-order valence-electron chi connectivity index (χ3n) is 3.56. The third-order valence-corrected chi connectivity index (χ3v) is 3.88. The fourth-order valence-corrected chi connectivity index (χ4v) is 2.60. The Kier molecular flexibility index (Phi) is 3.90. The molecule has 0 atom stereocenters. The smallest absolute Gasteiger partial charge is 0.255 e. The number of nitrogens with zero attached hydrogens (tertiary/aromatic N) is 2. The summed E-state index contributed by atoms with van der Waals surface area (Å²) in [6, 6.07) is 5.88. The van der Waals surface area contributed by atoms with Crippen LogP contribution in [-0.2, 0) is 20.0 Å². The minimum atomic E-state index is -0.200. The van der Waals surface area contributed by atoms with Gasteiger partial charge in [-0.3, -0.25) is 9.48 Å². The SMILES string of the molecule is CCc1ccc2occ(C(=O)NCc3nn(C)cc3Cl)c2c1. The number of halogens is 1. The number of carbonyl (C=O) groups excluding carboxylic acids is 1. The normalized spacial score (nSPS) is 11.0. The minimum absolute atomic E-state index is 0.200. The van der Waals surface area contributed by atoms with Crippen molar-refractivity contribution < 1.29 is 9.21 Å². The fraction of sp³-hybridized carbons (Fsp3) is 0.250. The van der Waals surface area contributed by atoms with Gasteiger partial charge in [-0.1, -0.05) is 24.6 Å². The molecule has 0 bridgehead atoms. The number of benzene rings is 1. The van der Waals surface area contributed by atoms with E-state index in [0.29, 0.717) is 21.9 Å². The molecule has 0 aliphatic rings. The average Bonchev–Trinajstić information content (AvgIpc) is 3.07. The number of furan rings is 1. The zero-order chi connectivity index (χ0) is 15.7. The summed E-state index contributed by atoms with van der Waals surface area (Å²) in [4.78, 5) is 12.4. The molecule has 6 heteroatoms. The van der Waals surface area contributed by atoms with E-state index in [1.165, 1.54) is 6.26 Å². The number of nitrogens with one attached hydrogen (secondary N) is 1. The minimum Gasteiger partial charge on any atom is -0.463 e. The second-order valence-electron chi connectivity index (χ2n) is 5.11. The summed E-state index contributed by atoms with van der Waals surface area (Å²) >= 11 is 6.03. The van der Waals surface area contributed by atoms with Gasteiger partial charge in [0.05, 0.1) is 17.1 Å². The zero-order valence-corrected chi connectivity index (χ0v) is 13.1. The van der Waals surface area contributed by atoms with Crippen molar-refractivity contribution in [3.05, 3.63) is 52.5 Å². The lowest BCUT2D eigenvalue weighted by Gasteiger charge is -2.03. The maximum atomic E-state index is 12.4. The summed E-state index contributed by atoms with van der Waals surface area (Å²) in [7, 11) is 1.78. The van der Waals surface area contributed by atoms with Crippen molar-refractivity contribution in [2.24, 2.45) is 7.05 Å². The quantitative estimate of drug-likeness (QED) is 0.803. The summed E-state index contributed by atoms with van der Waals surface area (Å²) < 4.78 is 7.06. The molecule has 0 aliphatic heterocycles. The van der Waals surface area contributed by atoms with Gasteiger partial charge in [0.1, 0.15) is 17.5 Å². The van der Waals surface area contributed by atoms with Gasteiger partial charge >= 0.3 is 0 Å². The second-order valence-corrected chi connectivity index (χ2v) is 5.52. The number of fused-ring (bicyclic) bond motifs is 1. The molecule has 5 nitrogen and oxygen atoms in total. The summed E-state index contributed by atoms with van der Waals surface area (Å²) in [5.41, 5.74) is 3.03. The summed E-state index contributed by atoms with van der Waals surface area (Å²) in [5.74, 6) is -0.200. The van der Waals surface area contributed by atoms with Crippen LogP contribution in [0.2, 0.25) is 5.02 Å². The van der Waals surface area contributed by atoms with Crippen molar-refractivity contribution >= 4 is 28.5 Å². The maximum Gasteiger partial charge on any atom is 0.255 e. The molecule has 2 heterocycles. The molecule has 1 N–H and O–H groups in total. The predicted octanol–water partition coefficient (Wildman–Crippen LogP) is 3.31. The van der Waals surface area contributed by atoms with Gasteiger partial charge in [0, 0.05) is 18.6 Å². The van der Waals surface area contributed by atoms with Gasteiger partial charge < -0.3 is 9.73 Å². The molecule has 0 unspecified atom stereocenters. The van der Waals surface area contributed by atoms with Gasteiger partial charge in [0.25, 0.3) is 5.91 Å². The van der Waals surface area contributed by atoms with Crippen LogP contribution < -0.4 is 5.32 Å².